The number of hydrogen-bond donors (Lipinski definition) is 0. The summed E-state index contributed by atoms with van der Waals surface area (Å²) in [7, 11) is 0. The molecular formula is C23H31N5O. The molecule has 6 heteroatoms. The van der Waals surface area contributed by atoms with E-state index in [0.29, 0.717) is 18.2 Å². The van der Waals surface area contributed by atoms with Crippen LogP contribution in [0, 0.1) is 6.92 Å². The number of amides is 1. The summed E-state index contributed by atoms with van der Waals surface area (Å²) in [6.45, 7) is 8.80. The Kier molecular flexibility index (Phi) is 6.39. The summed E-state index contributed by atoms with van der Waals surface area (Å²) in [4.78, 5) is 28.0. The van der Waals surface area contributed by atoms with Crippen molar-refractivity contribution in [3.8, 4) is 0 Å². The molecule has 0 unspecified atom stereocenters. The van der Waals surface area contributed by atoms with Crippen LogP contribution in [0.3, 0.4) is 0 Å². The molecule has 29 heavy (non-hydrogen) atoms. The van der Waals surface area contributed by atoms with E-state index in [1.54, 1.807) is 12.5 Å². The number of carbonyl (C=O) groups is 1. The van der Waals surface area contributed by atoms with E-state index in [1.807, 2.05) is 11.0 Å². The van der Waals surface area contributed by atoms with E-state index < -0.39 is 0 Å². The summed E-state index contributed by atoms with van der Waals surface area (Å²) in [6, 6.07) is 10.7. The quantitative estimate of drug-likeness (QED) is 0.782. The predicted molar refractivity (Wildman–Crippen MR) is 115 cm³/mol. The third-order valence-corrected chi connectivity index (χ3v) is 6.25. The van der Waals surface area contributed by atoms with Crippen molar-refractivity contribution in [2.24, 2.45) is 0 Å². The highest BCUT2D eigenvalue weighted by molar-refractivity contribution is 5.76. The van der Waals surface area contributed by atoms with Crippen LogP contribution in [0.4, 0.5) is 5.69 Å². The Morgan fingerprint density at radius 3 is 2.55 bits per heavy atom. The molecule has 1 aromatic carbocycles. The third-order valence-electron chi connectivity index (χ3n) is 6.25. The molecule has 0 aliphatic carbocycles. The summed E-state index contributed by atoms with van der Waals surface area (Å²) in [5, 5.41) is 0. The van der Waals surface area contributed by atoms with Crippen molar-refractivity contribution in [3.05, 3.63) is 54.1 Å². The van der Waals surface area contributed by atoms with E-state index in [-0.39, 0.29) is 0 Å². The van der Waals surface area contributed by atoms with E-state index in [1.165, 1.54) is 11.3 Å². The maximum absolute atomic E-state index is 12.7. The topological polar surface area (TPSA) is 52.6 Å². The zero-order chi connectivity index (χ0) is 20.1. The second-order valence-electron chi connectivity index (χ2n) is 8.21. The Morgan fingerprint density at radius 1 is 1.07 bits per heavy atom. The fourth-order valence-corrected chi connectivity index (χ4v) is 4.43. The van der Waals surface area contributed by atoms with Gasteiger partial charge in [-0.25, -0.2) is 9.97 Å². The molecule has 0 N–H and O–H groups in total. The van der Waals surface area contributed by atoms with Crippen molar-refractivity contribution in [1.82, 2.24) is 19.8 Å². The van der Waals surface area contributed by atoms with Crippen LogP contribution in [0.15, 0.2) is 42.9 Å². The van der Waals surface area contributed by atoms with Gasteiger partial charge in [0.1, 0.15) is 6.33 Å². The maximum atomic E-state index is 12.7. The van der Waals surface area contributed by atoms with Crippen molar-refractivity contribution < 1.29 is 4.79 Å². The zero-order valence-corrected chi connectivity index (χ0v) is 17.3. The highest BCUT2D eigenvalue weighted by Gasteiger charge is 2.25. The van der Waals surface area contributed by atoms with Gasteiger partial charge in [-0.2, -0.15) is 0 Å². The van der Waals surface area contributed by atoms with Crippen LogP contribution in [-0.2, 0) is 4.79 Å². The molecule has 2 aromatic rings. The summed E-state index contributed by atoms with van der Waals surface area (Å²) in [6.07, 6.45) is 6.04. The summed E-state index contributed by atoms with van der Waals surface area (Å²) in [5.74, 6) is 0.754. The molecular weight excluding hydrogens is 362 g/mol. The van der Waals surface area contributed by atoms with E-state index in [2.05, 4.69) is 51.0 Å². The van der Waals surface area contributed by atoms with Gasteiger partial charge in [-0.3, -0.25) is 9.69 Å². The minimum Gasteiger partial charge on any atom is -0.369 e. The lowest BCUT2D eigenvalue weighted by Crippen LogP contribution is -2.47. The highest BCUT2D eigenvalue weighted by atomic mass is 16.2. The number of aryl methyl sites for hydroxylation is 1. The van der Waals surface area contributed by atoms with Gasteiger partial charge in [0.25, 0.3) is 0 Å². The lowest BCUT2D eigenvalue weighted by Gasteiger charge is -2.37. The first kappa shape index (κ1) is 19.8. The number of benzene rings is 1. The molecule has 0 atom stereocenters. The van der Waals surface area contributed by atoms with Crippen molar-refractivity contribution in [3.63, 3.8) is 0 Å². The lowest BCUT2D eigenvalue weighted by atomic mass is 9.93. The number of aromatic nitrogens is 2. The van der Waals surface area contributed by atoms with E-state index in [0.717, 1.165) is 64.3 Å². The molecule has 2 aliphatic heterocycles. The van der Waals surface area contributed by atoms with Crippen molar-refractivity contribution in [1.29, 1.82) is 0 Å². The van der Waals surface area contributed by atoms with Gasteiger partial charge in [0, 0.05) is 75.7 Å². The third kappa shape index (κ3) is 5.12. The van der Waals surface area contributed by atoms with E-state index in [4.69, 9.17) is 0 Å². The molecule has 0 spiro atoms. The Balaban J connectivity index is 1.18. The van der Waals surface area contributed by atoms with Crippen LogP contribution in [-0.4, -0.2) is 71.5 Å². The van der Waals surface area contributed by atoms with E-state index in [9.17, 15) is 4.79 Å². The number of nitrogens with zero attached hydrogens (tertiary/aromatic N) is 5. The predicted octanol–water partition coefficient (Wildman–Crippen LogP) is 2.70. The lowest BCUT2D eigenvalue weighted by molar-refractivity contribution is -0.132. The van der Waals surface area contributed by atoms with Gasteiger partial charge in [0.2, 0.25) is 5.91 Å². The number of piperidine rings is 1. The molecule has 1 aromatic heterocycles. The smallest absolute Gasteiger partial charge is 0.223 e. The molecule has 1 amide bonds. The number of hydrogen-bond acceptors (Lipinski definition) is 5. The zero-order valence-electron chi connectivity index (χ0n) is 17.3. The maximum Gasteiger partial charge on any atom is 0.223 e. The number of carbonyl (C=O) groups excluding carboxylic acids is 1. The van der Waals surface area contributed by atoms with Gasteiger partial charge < -0.3 is 9.80 Å². The van der Waals surface area contributed by atoms with Crippen molar-refractivity contribution in [2.75, 3.05) is 50.7 Å². The Morgan fingerprint density at radius 2 is 1.86 bits per heavy atom. The van der Waals surface area contributed by atoms with Crippen LogP contribution in [0.25, 0.3) is 0 Å². The van der Waals surface area contributed by atoms with Gasteiger partial charge >= 0.3 is 0 Å². The fourth-order valence-electron chi connectivity index (χ4n) is 4.43. The molecule has 2 fully saturated rings. The molecule has 4 rings (SSSR count). The highest BCUT2D eigenvalue weighted by Crippen LogP contribution is 2.26. The second-order valence-corrected chi connectivity index (χ2v) is 8.21. The monoisotopic (exact) mass is 393 g/mol. The minimum absolute atomic E-state index is 0.298. The Labute approximate surface area is 173 Å². The molecule has 3 heterocycles. The van der Waals surface area contributed by atoms with Gasteiger partial charge in [0.15, 0.2) is 0 Å². The van der Waals surface area contributed by atoms with Crippen molar-refractivity contribution in [2.45, 2.75) is 32.1 Å². The van der Waals surface area contributed by atoms with Crippen LogP contribution < -0.4 is 4.90 Å². The van der Waals surface area contributed by atoms with Gasteiger partial charge in [0.05, 0.1) is 0 Å². The van der Waals surface area contributed by atoms with E-state index >= 15 is 0 Å². The standard InChI is InChI=1S/C23H31N5O/c1-19-3-2-4-21(17-19)27-15-13-26(14-16-27)10-8-23(29)28-11-6-20(7-12-28)22-5-9-24-18-25-22/h2-5,9,17-18,20H,6-8,10-16H2,1H3. The average molecular weight is 394 g/mol. The van der Waals surface area contributed by atoms with Crippen molar-refractivity contribution >= 4 is 11.6 Å². The molecule has 0 bridgehead atoms. The second kappa shape index (κ2) is 9.35. The molecule has 0 radical (unpaired) electrons. The van der Waals surface area contributed by atoms with Gasteiger partial charge in [-0.1, -0.05) is 12.1 Å². The largest absolute Gasteiger partial charge is 0.369 e. The summed E-state index contributed by atoms with van der Waals surface area (Å²) >= 11 is 0. The van der Waals surface area contributed by atoms with Crippen LogP contribution in [0.1, 0.15) is 36.4 Å². The first-order chi connectivity index (χ1) is 14.2. The average Bonchev–Trinajstić information content (AvgIpc) is 2.78. The number of piperazine rings is 1. The van der Waals surface area contributed by atoms with Gasteiger partial charge in [-0.05, 0) is 43.5 Å². The Hall–Kier alpha value is -2.47. The normalized spacial score (nSPS) is 18.8. The van der Waals surface area contributed by atoms with Crippen LogP contribution in [0.5, 0.6) is 0 Å². The SMILES string of the molecule is Cc1cccc(N2CCN(CCC(=O)N3CCC(c4ccncn4)CC3)CC2)c1. The number of rotatable bonds is 5. The molecule has 6 nitrogen and oxygen atoms in total. The molecule has 2 aliphatic rings. The van der Waals surface area contributed by atoms with Gasteiger partial charge in [-0.15, -0.1) is 0 Å². The Bertz CT molecular complexity index is 796. The summed E-state index contributed by atoms with van der Waals surface area (Å²) in [5.41, 5.74) is 3.73. The van der Waals surface area contributed by atoms with Crippen LogP contribution in [0.2, 0.25) is 0 Å². The fraction of sp³-hybridized carbons (Fsp3) is 0.522. The molecule has 2 saturated heterocycles. The first-order valence-corrected chi connectivity index (χ1v) is 10.8. The summed E-state index contributed by atoms with van der Waals surface area (Å²) < 4.78 is 0. The number of likely N-dealkylation sites (tertiary alicyclic amines) is 1. The minimum atomic E-state index is 0.298. The first-order valence-electron chi connectivity index (χ1n) is 10.8. The van der Waals surface area contributed by atoms with Crippen LogP contribution >= 0.6 is 0 Å². The molecule has 154 valence electrons. The molecule has 0 saturated carbocycles. The number of anilines is 1.